The molecule has 4 rings (SSSR count). The van der Waals surface area contributed by atoms with E-state index in [2.05, 4.69) is 70.2 Å². The average molecular weight is 422 g/mol. The molecule has 31 heavy (non-hydrogen) atoms. The number of guanidine groups is 1. The van der Waals surface area contributed by atoms with Crippen LogP contribution in [-0.2, 0) is 24.2 Å². The number of benzene rings is 2. The van der Waals surface area contributed by atoms with Gasteiger partial charge in [0.1, 0.15) is 5.75 Å². The maximum absolute atomic E-state index is 11.6. The van der Waals surface area contributed by atoms with Crippen molar-refractivity contribution in [3.05, 3.63) is 59.2 Å². The lowest BCUT2D eigenvalue weighted by Gasteiger charge is -2.28. The summed E-state index contributed by atoms with van der Waals surface area (Å²) in [5, 5.41) is 9.60. The molecule has 1 saturated heterocycles. The largest absolute Gasteiger partial charge is 0.493 e. The molecule has 0 aliphatic carbocycles. The van der Waals surface area contributed by atoms with Crippen LogP contribution in [0.25, 0.3) is 0 Å². The van der Waals surface area contributed by atoms with Crippen molar-refractivity contribution in [2.45, 2.75) is 26.3 Å². The lowest BCUT2D eigenvalue weighted by molar-refractivity contribution is -0.120. The number of aliphatic imine (C=N–C) groups is 1. The van der Waals surface area contributed by atoms with Gasteiger partial charge in [0.05, 0.1) is 19.7 Å². The van der Waals surface area contributed by atoms with Gasteiger partial charge in [0, 0.05) is 38.3 Å². The van der Waals surface area contributed by atoms with Gasteiger partial charge in [-0.25, -0.2) is 4.99 Å². The summed E-state index contributed by atoms with van der Waals surface area (Å²) in [6.07, 6.45) is 1.94. The van der Waals surface area contributed by atoms with E-state index < -0.39 is 0 Å². The molecule has 0 spiro atoms. The maximum Gasteiger partial charge on any atom is 0.239 e. The summed E-state index contributed by atoms with van der Waals surface area (Å²) in [5.74, 6) is 1.93. The fourth-order valence-electron chi connectivity index (χ4n) is 3.90. The molecule has 2 aromatic carbocycles. The Morgan fingerprint density at radius 3 is 2.81 bits per heavy atom. The Morgan fingerprint density at radius 1 is 1.16 bits per heavy atom. The van der Waals surface area contributed by atoms with Crippen LogP contribution in [0.2, 0.25) is 0 Å². The zero-order valence-corrected chi connectivity index (χ0v) is 18.1. The molecule has 7 nitrogen and oxygen atoms in total. The van der Waals surface area contributed by atoms with Crippen LogP contribution in [0.5, 0.6) is 5.75 Å². The summed E-state index contributed by atoms with van der Waals surface area (Å²) in [5.41, 5.74) is 4.84. The Labute approximate surface area is 183 Å². The molecule has 0 atom stereocenters. The molecule has 1 fully saturated rings. The number of hydrogen-bond acceptors (Lipinski definition) is 4. The van der Waals surface area contributed by atoms with Crippen LogP contribution in [-0.4, -0.2) is 51.2 Å². The Bertz CT molecular complexity index is 926. The molecule has 164 valence electrons. The van der Waals surface area contributed by atoms with Crippen molar-refractivity contribution in [3.8, 4) is 5.75 Å². The van der Waals surface area contributed by atoms with E-state index in [1.165, 1.54) is 11.1 Å². The van der Waals surface area contributed by atoms with Crippen molar-refractivity contribution in [2.24, 2.45) is 4.99 Å². The Morgan fingerprint density at radius 2 is 2.00 bits per heavy atom. The number of fused-ring (bicyclic) bond motifs is 1. The van der Waals surface area contributed by atoms with Crippen molar-refractivity contribution in [1.29, 1.82) is 0 Å². The van der Waals surface area contributed by atoms with E-state index in [0.717, 1.165) is 62.0 Å². The highest BCUT2D eigenvalue weighted by Gasteiger charge is 2.16. The van der Waals surface area contributed by atoms with Crippen LogP contribution in [0.3, 0.4) is 0 Å². The quantitative estimate of drug-likeness (QED) is 0.470. The van der Waals surface area contributed by atoms with E-state index in [-0.39, 0.29) is 5.91 Å². The third-order valence-corrected chi connectivity index (χ3v) is 5.56. The van der Waals surface area contributed by atoms with Gasteiger partial charge in [-0.3, -0.25) is 4.79 Å². The molecule has 0 unspecified atom stereocenters. The number of nitrogens with zero attached hydrogens (tertiary/aromatic N) is 2. The van der Waals surface area contributed by atoms with Crippen LogP contribution in [0, 0.1) is 0 Å². The third-order valence-electron chi connectivity index (χ3n) is 5.56. The fourth-order valence-corrected chi connectivity index (χ4v) is 3.90. The number of amides is 1. The van der Waals surface area contributed by atoms with Gasteiger partial charge in [-0.2, -0.15) is 0 Å². The van der Waals surface area contributed by atoms with E-state index >= 15 is 0 Å². The van der Waals surface area contributed by atoms with E-state index in [1.807, 2.05) is 0 Å². The standard InChI is InChI=1S/C24H31N5O2/c1-2-25-24(27-11-9-18-5-8-22-20(15-18)10-14-31-22)28-16-19-3-6-21(7-4-19)29-13-12-26-23(30)17-29/h3-8,15H,2,9-14,16-17H2,1H3,(H,26,30)(H2,25,27,28). The first-order chi connectivity index (χ1) is 15.2. The second kappa shape index (κ2) is 10.2. The van der Waals surface area contributed by atoms with E-state index in [4.69, 9.17) is 9.73 Å². The molecule has 7 heteroatoms. The number of rotatable bonds is 7. The molecule has 2 heterocycles. The number of piperazine rings is 1. The summed E-state index contributed by atoms with van der Waals surface area (Å²) < 4.78 is 5.58. The highest BCUT2D eigenvalue weighted by molar-refractivity contribution is 5.82. The predicted molar refractivity (Wildman–Crippen MR) is 124 cm³/mol. The Hall–Kier alpha value is -3.22. The fraction of sp³-hybridized carbons (Fsp3) is 0.417. The van der Waals surface area contributed by atoms with Gasteiger partial charge in [-0.1, -0.05) is 24.3 Å². The van der Waals surface area contributed by atoms with E-state index in [1.54, 1.807) is 0 Å². The highest BCUT2D eigenvalue weighted by atomic mass is 16.5. The number of carbonyl (C=O) groups is 1. The van der Waals surface area contributed by atoms with Gasteiger partial charge in [-0.05, 0) is 48.2 Å². The third kappa shape index (κ3) is 5.69. The van der Waals surface area contributed by atoms with Gasteiger partial charge in [0.15, 0.2) is 5.96 Å². The van der Waals surface area contributed by atoms with E-state index in [9.17, 15) is 4.79 Å². The lowest BCUT2D eigenvalue weighted by atomic mass is 10.1. The molecule has 2 aliphatic heterocycles. The van der Waals surface area contributed by atoms with Crippen molar-refractivity contribution in [3.63, 3.8) is 0 Å². The molecule has 2 aliphatic rings. The first-order valence-electron chi connectivity index (χ1n) is 11.1. The van der Waals surface area contributed by atoms with Crippen molar-refractivity contribution < 1.29 is 9.53 Å². The molecular weight excluding hydrogens is 390 g/mol. The van der Waals surface area contributed by atoms with Crippen LogP contribution in [0.4, 0.5) is 5.69 Å². The number of ether oxygens (including phenoxy) is 1. The maximum atomic E-state index is 11.6. The second-order valence-electron chi connectivity index (χ2n) is 7.85. The first-order valence-corrected chi connectivity index (χ1v) is 11.1. The lowest BCUT2D eigenvalue weighted by Crippen LogP contribution is -2.47. The van der Waals surface area contributed by atoms with Gasteiger partial charge >= 0.3 is 0 Å². The highest BCUT2D eigenvalue weighted by Crippen LogP contribution is 2.25. The van der Waals surface area contributed by atoms with Crippen LogP contribution in [0.1, 0.15) is 23.6 Å². The smallest absolute Gasteiger partial charge is 0.239 e. The molecule has 0 aromatic heterocycles. The minimum Gasteiger partial charge on any atom is -0.493 e. The van der Waals surface area contributed by atoms with Crippen LogP contribution >= 0.6 is 0 Å². The predicted octanol–water partition coefficient (Wildman–Crippen LogP) is 1.86. The van der Waals surface area contributed by atoms with Gasteiger partial charge < -0.3 is 25.6 Å². The number of hydrogen-bond donors (Lipinski definition) is 3. The average Bonchev–Trinajstić information content (AvgIpc) is 3.26. The molecular formula is C24H31N5O2. The normalized spacial score (nSPS) is 15.8. The number of carbonyl (C=O) groups excluding carboxylic acids is 1. The summed E-state index contributed by atoms with van der Waals surface area (Å²) in [7, 11) is 0. The molecule has 0 bridgehead atoms. The Kier molecular flexibility index (Phi) is 6.92. The molecule has 0 radical (unpaired) electrons. The topological polar surface area (TPSA) is 78.0 Å². The van der Waals surface area contributed by atoms with Crippen molar-refractivity contribution >= 4 is 17.6 Å². The van der Waals surface area contributed by atoms with Crippen LogP contribution in [0.15, 0.2) is 47.5 Å². The van der Waals surface area contributed by atoms with E-state index in [0.29, 0.717) is 19.6 Å². The molecule has 2 aromatic rings. The summed E-state index contributed by atoms with van der Waals surface area (Å²) in [4.78, 5) is 18.4. The monoisotopic (exact) mass is 421 g/mol. The molecule has 1 amide bonds. The zero-order chi connectivity index (χ0) is 21.5. The molecule has 3 N–H and O–H groups in total. The number of nitrogens with one attached hydrogen (secondary N) is 3. The second-order valence-corrected chi connectivity index (χ2v) is 7.85. The number of anilines is 1. The zero-order valence-electron chi connectivity index (χ0n) is 18.1. The molecule has 0 saturated carbocycles. The minimum absolute atomic E-state index is 0.0782. The SMILES string of the molecule is CCNC(=NCc1ccc(N2CCNC(=O)C2)cc1)NCCc1ccc2c(c1)CCO2. The first kappa shape index (κ1) is 21.0. The van der Waals surface area contributed by atoms with Gasteiger partial charge in [0.2, 0.25) is 5.91 Å². The Balaban J connectivity index is 1.29. The summed E-state index contributed by atoms with van der Waals surface area (Å²) >= 11 is 0. The summed E-state index contributed by atoms with van der Waals surface area (Å²) in [6.45, 7) is 7.07. The van der Waals surface area contributed by atoms with Crippen molar-refractivity contribution in [1.82, 2.24) is 16.0 Å². The van der Waals surface area contributed by atoms with Crippen LogP contribution < -0.4 is 25.6 Å². The van der Waals surface area contributed by atoms with Gasteiger partial charge in [0.25, 0.3) is 0 Å². The van der Waals surface area contributed by atoms with Gasteiger partial charge in [-0.15, -0.1) is 0 Å². The minimum atomic E-state index is 0.0782. The van der Waals surface area contributed by atoms with Crippen molar-refractivity contribution in [2.75, 3.05) is 44.2 Å². The summed E-state index contributed by atoms with van der Waals surface area (Å²) in [6, 6.07) is 14.8.